The third-order valence-electron chi connectivity index (χ3n) is 3.08. The van der Waals surface area contributed by atoms with E-state index in [-0.39, 0.29) is 5.54 Å². The van der Waals surface area contributed by atoms with E-state index < -0.39 is 0 Å². The van der Waals surface area contributed by atoms with Gasteiger partial charge in [0.25, 0.3) is 0 Å². The van der Waals surface area contributed by atoms with E-state index in [4.69, 9.17) is 23.2 Å². The molecule has 17 heavy (non-hydrogen) atoms. The van der Waals surface area contributed by atoms with Crippen LogP contribution in [0.2, 0.25) is 10.0 Å². The van der Waals surface area contributed by atoms with Crippen molar-refractivity contribution in [3.05, 3.63) is 33.8 Å². The van der Waals surface area contributed by atoms with Gasteiger partial charge in [-0.3, -0.25) is 0 Å². The van der Waals surface area contributed by atoms with Crippen LogP contribution in [0.15, 0.2) is 18.2 Å². The molecule has 0 spiro atoms. The minimum atomic E-state index is 0.135. The number of halogens is 2. The number of nitrogens with one attached hydrogen (secondary N) is 1. The number of hydrogen-bond donors (Lipinski definition) is 1. The van der Waals surface area contributed by atoms with Crippen molar-refractivity contribution in [3.63, 3.8) is 0 Å². The Morgan fingerprint density at radius 1 is 1.18 bits per heavy atom. The van der Waals surface area contributed by atoms with E-state index in [0.717, 1.165) is 18.7 Å². The van der Waals surface area contributed by atoms with Crippen LogP contribution < -0.4 is 5.32 Å². The molecular weight excluding hydrogens is 255 g/mol. The van der Waals surface area contributed by atoms with Gasteiger partial charge in [-0.05, 0) is 45.6 Å². The SMILES string of the molecule is CN(C)C(C)(C)CNCc1ccc(Cl)c(Cl)c1. The second-order valence-electron chi connectivity index (χ2n) is 5.06. The van der Waals surface area contributed by atoms with Gasteiger partial charge in [0.05, 0.1) is 10.0 Å². The summed E-state index contributed by atoms with van der Waals surface area (Å²) in [5.41, 5.74) is 1.28. The van der Waals surface area contributed by atoms with Gasteiger partial charge >= 0.3 is 0 Å². The fourth-order valence-corrected chi connectivity index (χ4v) is 1.64. The minimum Gasteiger partial charge on any atom is -0.311 e. The second-order valence-corrected chi connectivity index (χ2v) is 5.87. The van der Waals surface area contributed by atoms with Gasteiger partial charge in [-0.1, -0.05) is 29.3 Å². The normalized spacial score (nSPS) is 12.2. The Kier molecular flexibility index (Phi) is 5.26. The summed E-state index contributed by atoms with van der Waals surface area (Å²) in [6.07, 6.45) is 0. The van der Waals surface area contributed by atoms with Crippen molar-refractivity contribution in [3.8, 4) is 0 Å². The first-order valence-corrected chi connectivity index (χ1v) is 6.40. The van der Waals surface area contributed by atoms with Crippen molar-refractivity contribution < 1.29 is 0 Å². The fourth-order valence-electron chi connectivity index (χ4n) is 1.32. The molecule has 0 heterocycles. The van der Waals surface area contributed by atoms with Crippen molar-refractivity contribution >= 4 is 23.2 Å². The zero-order valence-electron chi connectivity index (χ0n) is 10.8. The summed E-state index contributed by atoms with van der Waals surface area (Å²) in [6, 6.07) is 5.72. The number of rotatable bonds is 5. The van der Waals surface area contributed by atoms with E-state index in [2.05, 4.69) is 38.2 Å². The molecule has 0 amide bonds. The topological polar surface area (TPSA) is 15.3 Å². The summed E-state index contributed by atoms with van der Waals surface area (Å²) in [6.45, 7) is 6.12. The molecule has 1 rings (SSSR count). The van der Waals surface area contributed by atoms with Gasteiger partial charge in [0.2, 0.25) is 0 Å². The summed E-state index contributed by atoms with van der Waals surface area (Å²) in [5.74, 6) is 0. The molecule has 2 nitrogen and oxygen atoms in total. The molecule has 1 aromatic rings. The maximum absolute atomic E-state index is 5.97. The largest absolute Gasteiger partial charge is 0.311 e. The van der Waals surface area contributed by atoms with Crippen molar-refractivity contribution in [2.75, 3.05) is 20.6 Å². The van der Waals surface area contributed by atoms with Gasteiger partial charge < -0.3 is 10.2 Å². The number of hydrogen-bond acceptors (Lipinski definition) is 2. The van der Waals surface area contributed by atoms with Gasteiger partial charge in [0.15, 0.2) is 0 Å². The van der Waals surface area contributed by atoms with Crippen molar-refractivity contribution in [2.45, 2.75) is 25.9 Å². The first-order chi connectivity index (χ1) is 7.83. The van der Waals surface area contributed by atoms with E-state index >= 15 is 0 Å². The highest BCUT2D eigenvalue weighted by atomic mass is 35.5. The molecule has 0 unspecified atom stereocenters. The molecule has 0 saturated carbocycles. The fraction of sp³-hybridized carbons (Fsp3) is 0.538. The van der Waals surface area contributed by atoms with Crippen LogP contribution >= 0.6 is 23.2 Å². The Morgan fingerprint density at radius 3 is 2.35 bits per heavy atom. The van der Waals surface area contributed by atoms with Gasteiger partial charge in [-0.2, -0.15) is 0 Å². The molecule has 0 bridgehead atoms. The minimum absolute atomic E-state index is 0.135. The van der Waals surface area contributed by atoms with E-state index in [9.17, 15) is 0 Å². The monoisotopic (exact) mass is 274 g/mol. The smallest absolute Gasteiger partial charge is 0.0595 e. The highest BCUT2D eigenvalue weighted by Gasteiger charge is 2.19. The Balaban J connectivity index is 2.49. The van der Waals surface area contributed by atoms with E-state index in [1.807, 2.05) is 18.2 Å². The average molecular weight is 275 g/mol. The van der Waals surface area contributed by atoms with Gasteiger partial charge in [0, 0.05) is 18.6 Å². The molecule has 0 atom stereocenters. The van der Waals surface area contributed by atoms with Crippen LogP contribution in [0, 0.1) is 0 Å². The third kappa shape index (κ3) is 4.47. The molecule has 0 aliphatic heterocycles. The van der Waals surface area contributed by atoms with E-state index in [0.29, 0.717) is 10.0 Å². The predicted molar refractivity (Wildman–Crippen MR) is 75.9 cm³/mol. The summed E-state index contributed by atoms with van der Waals surface area (Å²) >= 11 is 11.8. The van der Waals surface area contributed by atoms with Gasteiger partial charge in [-0.15, -0.1) is 0 Å². The second kappa shape index (κ2) is 6.05. The molecule has 1 aromatic carbocycles. The number of likely N-dealkylation sites (N-methyl/N-ethyl adjacent to an activating group) is 1. The Labute approximate surface area is 114 Å². The van der Waals surface area contributed by atoms with Crippen LogP contribution in [0.3, 0.4) is 0 Å². The van der Waals surface area contributed by atoms with Crippen LogP contribution in [0.25, 0.3) is 0 Å². The van der Waals surface area contributed by atoms with Gasteiger partial charge in [0.1, 0.15) is 0 Å². The Hall–Kier alpha value is -0.280. The third-order valence-corrected chi connectivity index (χ3v) is 3.82. The molecule has 0 aromatic heterocycles. The molecule has 0 aliphatic carbocycles. The first-order valence-electron chi connectivity index (χ1n) is 5.65. The lowest BCUT2D eigenvalue weighted by molar-refractivity contribution is 0.190. The zero-order valence-corrected chi connectivity index (χ0v) is 12.4. The molecule has 0 fully saturated rings. The van der Waals surface area contributed by atoms with Crippen LogP contribution in [0.1, 0.15) is 19.4 Å². The highest BCUT2D eigenvalue weighted by Crippen LogP contribution is 2.22. The number of benzene rings is 1. The summed E-state index contributed by atoms with van der Waals surface area (Å²) in [4.78, 5) is 2.20. The first kappa shape index (κ1) is 14.8. The van der Waals surface area contributed by atoms with Crippen molar-refractivity contribution in [1.29, 1.82) is 0 Å². The lowest BCUT2D eigenvalue weighted by atomic mass is 10.0. The van der Waals surface area contributed by atoms with Gasteiger partial charge in [-0.25, -0.2) is 0 Å². The van der Waals surface area contributed by atoms with Crippen LogP contribution in [-0.4, -0.2) is 31.1 Å². The molecule has 0 aliphatic rings. The predicted octanol–water partition coefficient (Wildman–Crippen LogP) is 3.42. The maximum atomic E-state index is 5.97. The summed E-state index contributed by atoms with van der Waals surface area (Å²) in [7, 11) is 4.17. The van der Waals surface area contributed by atoms with Crippen LogP contribution in [0.4, 0.5) is 0 Å². The number of nitrogens with zero attached hydrogens (tertiary/aromatic N) is 1. The summed E-state index contributed by atoms with van der Waals surface area (Å²) in [5, 5.41) is 4.64. The average Bonchev–Trinajstić information content (AvgIpc) is 2.23. The standard InChI is InChI=1S/C13H20Cl2N2/c1-13(2,17(3)4)9-16-8-10-5-6-11(14)12(15)7-10/h5-7,16H,8-9H2,1-4H3. The molecule has 0 radical (unpaired) electrons. The Bertz CT molecular complexity index is 376. The summed E-state index contributed by atoms with van der Waals surface area (Å²) < 4.78 is 0. The lowest BCUT2D eigenvalue weighted by Gasteiger charge is -2.32. The molecule has 0 saturated heterocycles. The zero-order chi connectivity index (χ0) is 13.1. The van der Waals surface area contributed by atoms with E-state index in [1.54, 1.807) is 0 Å². The van der Waals surface area contributed by atoms with Crippen LogP contribution in [-0.2, 0) is 6.54 Å². The maximum Gasteiger partial charge on any atom is 0.0595 e. The molecule has 1 N–H and O–H groups in total. The van der Waals surface area contributed by atoms with Crippen molar-refractivity contribution in [2.24, 2.45) is 0 Å². The van der Waals surface area contributed by atoms with Crippen LogP contribution in [0.5, 0.6) is 0 Å². The quantitative estimate of drug-likeness (QED) is 0.885. The molecular formula is C13H20Cl2N2. The highest BCUT2D eigenvalue weighted by molar-refractivity contribution is 6.42. The lowest BCUT2D eigenvalue weighted by Crippen LogP contribution is -2.46. The van der Waals surface area contributed by atoms with E-state index in [1.165, 1.54) is 0 Å². The Morgan fingerprint density at radius 2 is 1.82 bits per heavy atom. The molecule has 4 heteroatoms. The van der Waals surface area contributed by atoms with Crippen molar-refractivity contribution in [1.82, 2.24) is 10.2 Å². The molecule has 96 valence electrons.